The Hall–Kier alpha value is -0.460. The maximum Gasteiger partial charge on any atom is 0.114 e. The summed E-state index contributed by atoms with van der Waals surface area (Å²) in [6.45, 7) is 2.42. The summed E-state index contributed by atoms with van der Waals surface area (Å²) in [7, 11) is 0. The SMILES string of the molecule is C/C=C/CCCCCCCCCO[C@H]1[C@H](O)[C@@H](O)CO[C@@H]1CO. The van der Waals surface area contributed by atoms with E-state index in [2.05, 4.69) is 19.1 Å². The minimum absolute atomic E-state index is 0.0420. The van der Waals surface area contributed by atoms with E-state index in [0.29, 0.717) is 6.61 Å². The highest BCUT2D eigenvalue weighted by atomic mass is 16.6. The van der Waals surface area contributed by atoms with Crippen LogP contribution in [0.1, 0.15) is 58.3 Å². The van der Waals surface area contributed by atoms with Gasteiger partial charge in [0.1, 0.15) is 24.4 Å². The number of rotatable bonds is 12. The summed E-state index contributed by atoms with van der Waals surface area (Å²) in [4.78, 5) is 0. The molecule has 1 rings (SSSR count). The Morgan fingerprint density at radius 3 is 2.35 bits per heavy atom. The van der Waals surface area contributed by atoms with Crippen LogP contribution in [0.3, 0.4) is 0 Å². The van der Waals surface area contributed by atoms with Crippen LogP contribution in [0, 0.1) is 0 Å². The monoisotopic (exact) mass is 330 g/mol. The largest absolute Gasteiger partial charge is 0.394 e. The third kappa shape index (κ3) is 8.27. The molecule has 1 aliphatic heterocycles. The van der Waals surface area contributed by atoms with Gasteiger partial charge in [0, 0.05) is 6.61 Å². The summed E-state index contributed by atoms with van der Waals surface area (Å²) in [6.07, 6.45) is 10.7. The van der Waals surface area contributed by atoms with Crippen molar-refractivity contribution in [1.82, 2.24) is 0 Å². The first-order valence-corrected chi connectivity index (χ1v) is 9.02. The fourth-order valence-electron chi connectivity index (χ4n) is 2.85. The average molecular weight is 330 g/mol. The summed E-state index contributed by atoms with van der Waals surface area (Å²) in [5, 5.41) is 28.8. The van der Waals surface area contributed by atoms with E-state index < -0.39 is 24.4 Å². The molecule has 0 aromatic carbocycles. The van der Waals surface area contributed by atoms with Gasteiger partial charge < -0.3 is 24.8 Å². The molecule has 1 heterocycles. The minimum Gasteiger partial charge on any atom is -0.394 e. The zero-order valence-electron chi connectivity index (χ0n) is 14.4. The Morgan fingerprint density at radius 1 is 1.04 bits per heavy atom. The van der Waals surface area contributed by atoms with Crippen LogP contribution in [0.25, 0.3) is 0 Å². The minimum atomic E-state index is -0.988. The third-order valence-corrected chi connectivity index (χ3v) is 4.32. The second-order valence-electron chi connectivity index (χ2n) is 6.28. The van der Waals surface area contributed by atoms with Crippen LogP contribution < -0.4 is 0 Å². The molecule has 1 saturated heterocycles. The second kappa shape index (κ2) is 12.9. The van der Waals surface area contributed by atoms with Gasteiger partial charge in [0.05, 0.1) is 13.2 Å². The summed E-state index contributed by atoms with van der Waals surface area (Å²) in [5.41, 5.74) is 0. The lowest BCUT2D eigenvalue weighted by molar-refractivity contribution is -0.211. The van der Waals surface area contributed by atoms with E-state index in [1.165, 1.54) is 38.5 Å². The van der Waals surface area contributed by atoms with Gasteiger partial charge in [0.25, 0.3) is 0 Å². The molecule has 0 bridgehead atoms. The Labute approximate surface area is 140 Å². The number of hydrogen-bond donors (Lipinski definition) is 3. The molecule has 136 valence electrons. The number of hydrogen-bond acceptors (Lipinski definition) is 5. The molecule has 0 saturated carbocycles. The predicted octanol–water partition coefficient (Wildman–Crippen LogP) is 2.18. The van der Waals surface area contributed by atoms with Gasteiger partial charge in [-0.3, -0.25) is 0 Å². The first-order chi connectivity index (χ1) is 11.2. The molecule has 5 nitrogen and oxygen atoms in total. The average Bonchev–Trinajstić information content (AvgIpc) is 2.56. The molecule has 0 aromatic heterocycles. The van der Waals surface area contributed by atoms with Crippen molar-refractivity contribution in [2.75, 3.05) is 19.8 Å². The van der Waals surface area contributed by atoms with Gasteiger partial charge in [0.2, 0.25) is 0 Å². The Balaban J connectivity index is 2.01. The molecular formula is C18H34O5. The van der Waals surface area contributed by atoms with E-state index in [0.717, 1.165) is 12.8 Å². The molecule has 0 aromatic rings. The van der Waals surface area contributed by atoms with Gasteiger partial charge in [0.15, 0.2) is 0 Å². The molecule has 1 fully saturated rings. The molecule has 0 spiro atoms. The molecule has 0 unspecified atom stereocenters. The number of aliphatic hydroxyl groups excluding tert-OH is 3. The van der Waals surface area contributed by atoms with Gasteiger partial charge in [-0.05, 0) is 26.2 Å². The number of aliphatic hydroxyl groups is 3. The molecule has 23 heavy (non-hydrogen) atoms. The molecule has 1 aliphatic rings. The van der Waals surface area contributed by atoms with E-state index in [1.54, 1.807) is 0 Å². The summed E-state index contributed by atoms with van der Waals surface area (Å²) in [5.74, 6) is 0. The van der Waals surface area contributed by atoms with Crippen LogP contribution in [0.15, 0.2) is 12.2 Å². The summed E-state index contributed by atoms with van der Waals surface area (Å²) in [6, 6.07) is 0. The highest BCUT2D eigenvalue weighted by Crippen LogP contribution is 2.19. The first-order valence-electron chi connectivity index (χ1n) is 9.02. The van der Waals surface area contributed by atoms with Gasteiger partial charge in [-0.15, -0.1) is 0 Å². The summed E-state index contributed by atoms with van der Waals surface area (Å²) < 4.78 is 10.9. The first kappa shape index (κ1) is 20.6. The number of ether oxygens (including phenoxy) is 2. The number of allylic oxidation sites excluding steroid dienone is 2. The molecule has 0 radical (unpaired) electrons. The second-order valence-corrected chi connectivity index (χ2v) is 6.28. The fraction of sp³-hybridized carbons (Fsp3) is 0.889. The Kier molecular flexibility index (Phi) is 11.5. The van der Waals surface area contributed by atoms with E-state index in [-0.39, 0.29) is 13.2 Å². The van der Waals surface area contributed by atoms with Gasteiger partial charge in [-0.2, -0.15) is 0 Å². The molecule has 5 heteroatoms. The van der Waals surface area contributed by atoms with Crippen molar-refractivity contribution in [2.24, 2.45) is 0 Å². The van der Waals surface area contributed by atoms with Crippen molar-refractivity contribution < 1.29 is 24.8 Å². The number of unbranched alkanes of at least 4 members (excludes halogenated alkanes) is 7. The molecule has 0 amide bonds. The van der Waals surface area contributed by atoms with Gasteiger partial charge >= 0.3 is 0 Å². The maximum absolute atomic E-state index is 9.93. The smallest absolute Gasteiger partial charge is 0.114 e. The van der Waals surface area contributed by atoms with Crippen LogP contribution in [-0.2, 0) is 9.47 Å². The zero-order valence-corrected chi connectivity index (χ0v) is 14.4. The zero-order chi connectivity index (χ0) is 16.9. The fourth-order valence-corrected chi connectivity index (χ4v) is 2.85. The van der Waals surface area contributed by atoms with Crippen LogP contribution in [-0.4, -0.2) is 59.6 Å². The van der Waals surface area contributed by atoms with Crippen molar-refractivity contribution in [3.05, 3.63) is 12.2 Å². The standard InChI is InChI=1S/C18H34O5/c1-2-3-4-5-6-7-8-9-10-11-12-22-18-16(13-19)23-14-15(20)17(18)21/h2-3,15-21H,4-14H2,1H3/b3-2+/t15-,16+,17+,18+/m0/s1. The predicted molar refractivity (Wildman–Crippen MR) is 90.3 cm³/mol. The van der Waals surface area contributed by atoms with E-state index in [9.17, 15) is 15.3 Å². The highest BCUT2D eigenvalue weighted by Gasteiger charge is 2.39. The van der Waals surface area contributed by atoms with Crippen LogP contribution in [0.2, 0.25) is 0 Å². The van der Waals surface area contributed by atoms with Gasteiger partial charge in [-0.1, -0.05) is 44.3 Å². The Morgan fingerprint density at radius 2 is 1.70 bits per heavy atom. The normalized spacial score (nSPS) is 28.5. The van der Waals surface area contributed by atoms with Crippen molar-refractivity contribution in [3.8, 4) is 0 Å². The summed E-state index contributed by atoms with van der Waals surface area (Å²) >= 11 is 0. The lowest BCUT2D eigenvalue weighted by Gasteiger charge is -2.37. The lowest BCUT2D eigenvalue weighted by atomic mass is 10.0. The van der Waals surface area contributed by atoms with Crippen molar-refractivity contribution in [2.45, 2.75) is 82.7 Å². The van der Waals surface area contributed by atoms with Crippen molar-refractivity contribution >= 4 is 0 Å². The molecular weight excluding hydrogens is 296 g/mol. The molecule has 4 atom stereocenters. The topological polar surface area (TPSA) is 79.2 Å². The van der Waals surface area contributed by atoms with E-state index >= 15 is 0 Å². The Bertz CT molecular complexity index is 306. The van der Waals surface area contributed by atoms with Gasteiger partial charge in [-0.25, -0.2) is 0 Å². The highest BCUT2D eigenvalue weighted by molar-refractivity contribution is 4.87. The van der Waals surface area contributed by atoms with E-state index in [1.807, 2.05) is 0 Å². The maximum atomic E-state index is 9.93. The van der Waals surface area contributed by atoms with Crippen molar-refractivity contribution in [3.63, 3.8) is 0 Å². The van der Waals surface area contributed by atoms with Crippen LogP contribution in [0.5, 0.6) is 0 Å². The molecule has 3 N–H and O–H groups in total. The van der Waals surface area contributed by atoms with Crippen molar-refractivity contribution in [1.29, 1.82) is 0 Å². The third-order valence-electron chi connectivity index (χ3n) is 4.32. The van der Waals surface area contributed by atoms with E-state index in [4.69, 9.17) is 9.47 Å². The quantitative estimate of drug-likeness (QED) is 0.377. The van der Waals surface area contributed by atoms with Crippen LogP contribution >= 0.6 is 0 Å². The van der Waals surface area contributed by atoms with Crippen LogP contribution in [0.4, 0.5) is 0 Å². The lowest BCUT2D eigenvalue weighted by Crippen LogP contribution is -2.55. The molecule has 0 aliphatic carbocycles.